The third-order valence-corrected chi connectivity index (χ3v) is 10.9. The van der Waals surface area contributed by atoms with Gasteiger partial charge in [0, 0.05) is 41.8 Å². The zero-order valence-corrected chi connectivity index (χ0v) is 27.4. The van der Waals surface area contributed by atoms with E-state index in [1.165, 1.54) is 37.3 Å². The number of likely N-dealkylation sites (tertiary alicyclic amines) is 1. The van der Waals surface area contributed by atoms with Crippen LogP contribution in [0.4, 0.5) is 28.8 Å². The molecule has 228 valence electrons. The van der Waals surface area contributed by atoms with E-state index in [4.69, 9.17) is 16.3 Å². The Hall–Kier alpha value is -3.10. The van der Waals surface area contributed by atoms with Crippen molar-refractivity contribution in [3.63, 3.8) is 0 Å². The highest BCUT2D eigenvalue weighted by atomic mass is 35.5. The monoisotopic (exact) mass is 622 g/mol. The summed E-state index contributed by atoms with van der Waals surface area (Å²) in [5.74, 6) is 1.73. The molecule has 2 N–H and O–H groups in total. The lowest BCUT2D eigenvalue weighted by atomic mass is 10.0. The quantitative estimate of drug-likeness (QED) is 0.240. The van der Waals surface area contributed by atoms with Gasteiger partial charge in [-0.25, -0.2) is 4.98 Å². The van der Waals surface area contributed by atoms with Crippen molar-refractivity contribution in [2.45, 2.75) is 32.7 Å². The number of likely N-dealkylation sites (N-methyl/N-ethyl adjacent to an activating group) is 1. The van der Waals surface area contributed by atoms with E-state index in [1.807, 2.05) is 30.3 Å². The molecule has 3 aliphatic rings. The van der Waals surface area contributed by atoms with Crippen LogP contribution in [0.2, 0.25) is 5.02 Å². The Labute approximate surface area is 259 Å². The minimum absolute atomic E-state index is 0.374. The van der Waals surface area contributed by atoms with Crippen molar-refractivity contribution in [1.29, 1.82) is 0 Å². The van der Waals surface area contributed by atoms with Crippen molar-refractivity contribution in [3.05, 3.63) is 65.1 Å². The van der Waals surface area contributed by atoms with Gasteiger partial charge in [0.1, 0.15) is 18.7 Å². The summed E-state index contributed by atoms with van der Waals surface area (Å²) in [6.07, 6.45) is 6.40. The molecule has 0 saturated carbocycles. The Kier molecular flexibility index (Phi) is 8.20. The number of para-hydroxylation sites is 1. The second-order valence-electron chi connectivity index (χ2n) is 12.4. The molecule has 1 atom stereocenters. The number of aromatic nitrogens is 2. The summed E-state index contributed by atoms with van der Waals surface area (Å²) in [5, 5.41) is 7.73. The first-order valence-corrected chi connectivity index (χ1v) is 18.1. The van der Waals surface area contributed by atoms with Crippen molar-refractivity contribution in [1.82, 2.24) is 24.3 Å². The molecule has 43 heavy (non-hydrogen) atoms. The number of hydrogen-bond donors (Lipinski definition) is 2. The van der Waals surface area contributed by atoms with Crippen molar-refractivity contribution >= 4 is 52.9 Å². The third-order valence-electron chi connectivity index (χ3n) is 9.10. The number of hydrogen-bond acceptors (Lipinski definition) is 8. The molecule has 0 bridgehead atoms. The number of aryl methyl sites for hydroxylation is 1. The molecule has 0 spiro atoms. The molecule has 3 aromatic rings. The van der Waals surface area contributed by atoms with Crippen molar-refractivity contribution in [2.24, 2.45) is 0 Å². The largest absolute Gasteiger partial charge is 0.477 e. The number of quaternary nitrogens is 1. The van der Waals surface area contributed by atoms with Crippen LogP contribution < -0.4 is 25.2 Å². The van der Waals surface area contributed by atoms with Crippen LogP contribution in [0.5, 0.6) is 5.75 Å². The van der Waals surface area contributed by atoms with Gasteiger partial charge in [-0.3, -0.25) is 4.48 Å². The van der Waals surface area contributed by atoms with Crippen LogP contribution in [-0.4, -0.2) is 85.5 Å². The van der Waals surface area contributed by atoms with E-state index in [0.717, 1.165) is 46.4 Å². The minimum Gasteiger partial charge on any atom is -0.477 e. The molecule has 1 aromatic heterocycles. The summed E-state index contributed by atoms with van der Waals surface area (Å²) in [5.41, 5.74) is 5.23. The molecule has 2 aromatic carbocycles. The van der Waals surface area contributed by atoms with E-state index >= 15 is 0 Å². The summed E-state index contributed by atoms with van der Waals surface area (Å²) in [7, 11) is -0.197. The molecule has 0 radical (unpaired) electrons. The van der Waals surface area contributed by atoms with Crippen molar-refractivity contribution in [3.8, 4) is 5.75 Å². The zero-order valence-electron chi connectivity index (χ0n) is 25.7. The van der Waals surface area contributed by atoms with Gasteiger partial charge >= 0.3 is 0 Å². The number of benzene rings is 2. The van der Waals surface area contributed by atoms with Crippen molar-refractivity contribution < 1.29 is 9.30 Å². The number of anilines is 4. The maximum Gasteiger partial charge on any atom is 0.229 e. The molecule has 0 amide bonds. The molecule has 0 aliphatic carbocycles. The van der Waals surface area contributed by atoms with Gasteiger partial charge in [0.2, 0.25) is 5.95 Å². The van der Waals surface area contributed by atoms with Gasteiger partial charge in [0.05, 0.1) is 31.7 Å². The Morgan fingerprint density at radius 2 is 1.91 bits per heavy atom. The maximum atomic E-state index is 12.9. The zero-order chi connectivity index (χ0) is 30.4. The lowest BCUT2D eigenvalue weighted by Crippen LogP contribution is -2.57. The van der Waals surface area contributed by atoms with Gasteiger partial charge in [0.15, 0.2) is 29.6 Å². The predicted molar refractivity (Wildman–Crippen MR) is 178 cm³/mol. The third kappa shape index (κ3) is 6.01. The van der Waals surface area contributed by atoms with Crippen molar-refractivity contribution in [2.75, 3.05) is 70.3 Å². The van der Waals surface area contributed by atoms with Crippen LogP contribution in [-0.2, 0) is 4.57 Å². The van der Waals surface area contributed by atoms with E-state index in [1.54, 1.807) is 19.5 Å². The number of nitrogens with zero attached hydrogens (tertiary/aromatic N) is 5. The van der Waals surface area contributed by atoms with Gasteiger partial charge in [-0.2, -0.15) is 4.98 Å². The topological polar surface area (TPSA) is 82.6 Å². The van der Waals surface area contributed by atoms with Crippen LogP contribution in [0.3, 0.4) is 0 Å². The Morgan fingerprint density at radius 1 is 1.14 bits per heavy atom. The minimum atomic E-state index is -2.51. The standard InChI is InChI=1S/C32H42ClN7O2P/c1-6-38-13-11-24(12-14-38)39-15-16-40(3)25(20-39)21-42-28-18-23(17-22(2)30(28)40)35-32-34-19-26(33)31(37-32)36-27-9-7-8-10-29(27)43(4,5)41/h7-10,17-20,24H,6,11-16,21H2,1-5H3,(H2,34,35,36,37)/q+1. The van der Waals surface area contributed by atoms with Crippen LogP contribution in [0.1, 0.15) is 25.3 Å². The lowest BCUT2D eigenvalue weighted by Gasteiger charge is -2.47. The van der Waals surface area contributed by atoms with Crippen LogP contribution in [0.25, 0.3) is 0 Å². The first-order chi connectivity index (χ1) is 20.5. The van der Waals surface area contributed by atoms with E-state index in [2.05, 4.69) is 63.6 Å². The Balaban J connectivity index is 1.22. The average molecular weight is 623 g/mol. The smallest absolute Gasteiger partial charge is 0.229 e. The normalized spacial score (nSPS) is 21.0. The maximum absolute atomic E-state index is 12.9. The Morgan fingerprint density at radius 3 is 2.65 bits per heavy atom. The summed E-state index contributed by atoms with van der Waals surface area (Å²) in [6, 6.07) is 12.3. The van der Waals surface area contributed by atoms with Gasteiger partial charge in [0.25, 0.3) is 0 Å². The highest BCUT2D eigenvalue weighted by molar-refractivity contribution is 7.70. The van der Waals surface area contributed by atoms with Gasteiger partial charge < -0.3 is 29.7 Å². The second kappa shape index (κ2) is 11.8. The fourth-order valence-electron chi connectivity index (χ4n) is 6.67. The SMILES string of the molecule is CCN1CCC(N2C=C3COc4cc(Nc5ncc(Cl)c(Nc6ccccc6P(C)(C)=O)n5)cc(C)c4[N+]3(C)CC2)CC1. The van der Waals surface area contributed by atoms with Crippen LogP contribution in [0.15, 0.2) is 54.5 Å². The summed E-state index contributed by atoms with van der Waals surface area (Å²) >= 11 is 6.47. The van der Waals surface area contributed by atoms with Crippen LogP contribution in [0, 0.1) is 6.92 Å². The fraction of sp³-hybridized carbons (Fsp3) is 0.438. The average Bonchev–Trinajstić information content (AvgIpc) is 2.98. The molecule has 9 nitrogen and oxygen atoms in total. The molecule has 11 heteroatoms. The van der Waals surface area contributed by atoms with E-state index < -0.39 is 7.14 Å². The number of piperidine rings is 1. The summed E-state index contributed by atoms with van der Waals surface area (Å²) in [4.78, 5) is 14.2. The second-order valence-corrected chi connectivity index (χ2v) is 16.0. The number of fused-ring (bicyclic) bond motifs is 3. The summed E-state index contributed by atoms with van der Waals surface area (Å²) in [6.45, 7) is 14.0. The molecular weight excluding hydrogens is 581 g/mol. The van der Waals surface area contributed by atoms with Gasteiger partial charge in [-0.1, -0.05) is 30.7 Å². The fourth-order valence-corrected chi connectivity index (χ4v) is 7.96. The lowest BCUT2D eigenvalue weighted by molar-refractivity contribution is 0.119. The van der Waals surface area contributed by atoms with Gasteiger partial charge in [-0.05, 0) is 57.8 Å². The highest BCUT2D eigenvalue weighted by Gasteiger charge is 2.43. The highest BCUT2D eigenvalue weighted by Crippen LogP contribution is 2.46. The molecule has 3 aliphatic heterocycles. The predicted octanol–water partition coefficient (Wildman–Crippen LogP) is 6.14. The molecule has 4 heterocycles. The number of rotatable bonds is 7. The van der Waals surface area contributed by atoms with E-state index in [9.17, 15) is 4.57 Å². The molecule has 1 saturated heterocycles. The molecule has 6 rings (SSSR count). The number of nitrogens with one attached hydrogen (secondary N) is 2. The summed E-state index contributed by atoms with van der Waals surface area (Å²) < 4.78 is 20.0. The first-order valence-electron chi connectivity index (χ1n) is 15.1. The van der Waals surface area contributed by atoms with Gasteiger partial charge in [-0.15, -0.1) is 0 Å². The molecule has 1 unspecified atom stereocenters. The Bertz CT molecular complexity index is 1600. The molecule has 1 fully saturated rings. The van der Waals surface area contributed by atoms with E-state index in [-0.39, 0.29) is 0 Å². The number of ether oxygens (including phenoxy) is 1. The number of halogens is 1. The van der Waals surface area contributed by atoms with E-state index in [0.29, 0.717) is 35.1 Å². The first kappa shape index (κ1) is 29.9. The van der Waals surface area contributed by atoms with Crippen LogP contribution >= 0.6 is 18.7 Å². The molecular formula is C32H42ClN7O2P+.